The van der Waals surface area contributed by atoms with Crippen LogP contribution in [-0.4, -0.2) is 12.5 Å². The Labute approximate surface area is 120 Å². The number of allylic oxidation sites excluding steroid dienone is 2. The molecule has 3 N–H and O–H groups in total. The summed E-state index contributed by atoms with van der Waals surface area (Å²) in [5, 5.41) is 2.66. The van der Waals surface area contributed by atoms with Gasteiger partial charge in [0.25, 0.3) is 5.91 Å². The molecule has 1 fully saturated rings. The molecule has 0 atom stereocenters. The fraction of sp³-hybridized carbons (Fsp3) is 0.357. The van der Waals surface area contributed by atoms with Crippen LogP contribution in [0.5, 0.6) is 0 Å². The van der Waals surface area contributed by atoms with Gasteiger partial charge in [-0.25, -0.2) is 0 Å². The minimum Gasteiger partial charge on any atom is -0.376 e. The summed E-state index contributed by atoms with van der Waals surface area (Å²) in [5.74, 6) is -0.354. The molecule has 7 heteroatoms. The molecule has 1 aromatic carbocycles. The highest BCUT2D eigenvalue weighted by atomic mass is 19.4. The van der Waals surface area contributed by atoms with E-state index in [1.165, 1.54) is 17.7 Å². The molecule has 0 radical (unpaired) electrons. The number of alkyl halides is 3. The van der Waals surface area contributed by atoms with E-state index in [4.69, 9.17) is 0 Å². The Morgan fingerprint density at radius 1 is 1.24 bits per heavy atom. The van der Waals surface area contributed by atoms with E-state index in [1.54, 1.807) is 0 Å². The molecule has 0 aliphatic heterocycles. The van der Waals surface area contributed by atoms with E-state index in [-0.39, 0.29) is 18.1 Å². The summed E-state index contributed by atoms with van der Waals surface area (Å²) in [5.41, 5.74) is 6.95. The van der Waals surface area contributed by atoms with Crippen molar-refractivity contribution in [3.63, 3.8) is 0 Å². The second-order valence-corrected chi connectivity index (χ2v) is 4.83. The van der Waals surface area contributed by atoms with Crippen molar-refractivity contribution in [3.8, 4) is 0 Å². The van der Waals surface area contributed by atoms with Gasteiger partial charge >= 0.3 is 6.18 Å². The van der Waals surface area contributed by atoms with Crippen molar-refractivity contribution >= 4 is 11.6 Å². The number of nitrogens with one attached hydrogen (secondary N) is 3. The third kappa shape index (κ3) is 4.70. The maximum absolute atomic E-state index is 12.5. The Kier molecular flexibility index (Phi) is 4.40. The van der Waals surface area contributed by atoms with Crippen molar-refractivity contribution in [2.75, 3.05) is 11.9 Å². The molecular weight excluding hydrogens is 283 g/mol. The quantitative estimate of drug-likeness (QED) is 0.733. The number of hydrazine groups is 1. The molecular formula is C14H16F3N3O. The van der Waals surface area contributed by atoms with E-state index in [9.17, 15) is 18.0 Å². The monoisotopic (exact) mass is 299 g/mol. The molecule has 0 bridgehead atoms. The van der Waals surface area contributed by atoms with Gasteiger partial charge in [-0.15, -0.1) is 0 Å². The first-order valence-corrected chi connectivity index (χ1v) is 6.51. The van der Waals surface area contributed by atoms with Gasteiger partial charge in [0.15, 0.2) is 0 Å². The molecule has 0 heterocycles. The number of hydrogen-bond donors (Lipinski definition) is 3. The largest absolute Gasteiger partial charge is 0.416 e. The maximum Gasteiger partial charge on any atom is 0.416 e. The van der Waals surface area contributed by atoms with Crippen molar-refractivity contribution in [1.29, 1.82) is 0 Å². The van der Waals surface area contributed by atoms with Gasteiger partial charge in [-0.1, -0.05) is 6.07 Å². The molecule has 1 saturated carbocycles. The zero-order chi connectivity index (χ0) is 15.5. The molecule has 1 aromatic rings. The van der Waals surface area contributed by atoms with Crippen LogP contribution in [0.1, 0.15) is 25.3 Å². The first-order chi connectivity index (χ1) is 9.86. The number of amides is 1. The standard InChI is InChI=1S/C14H16F3N3O/c1-9(10-5-6-10)19-20-13(21)8-18-12-4-2-3-11(7-12)14(15,16)17/h2-4,7,18-19H,5-6,8H2,1H3,(H,20,21). The van der Waals surface area contributed by atoms with Crippen LogP contribution in [0.25, 0.3) is 0 Å². The van der Waals surface area contributed by atoms with Crippen molar-refractivity contribution in [2.45, 2.75) is 25.9 Å². The normalized spacial score (nSPS) is 13.6. The van der Waals surface area contributed by atoms with Crippen LogP contribution in [0.15, 0.2) is 35.5 Å². The Bertz CT molecular complexity index is 561. The SMILES string of the molecule is CC(NNC(=O)CNc1cccc(C(F)(F)F)c1)=C1CC1. The number of carbonyl (C=O) groups excluding carboxylic acids is 1. The van der Waals surface area contributed by atoms with E-state index in [0.717, 1.165) is 30.7 Å². The maximum atomic E-state index is 12.5. The fourth-order valence-corrected chi connectivity index (χ4v) is 1.72. The first kappa shape index (κ1) is 15.2. The number of carbonyl (C=O) groups is 1. The van der Waals surface area contributed by atoms with E-state index < -0.39 is 11.7 Å². The van der Waals surface area contributed by atoms with Crippen LogP contribution in [0, 0.1) is 0 Å². The molecule has 2 rings (SSSR count). The van der Waals surface area contributed by atoms with Gasteiger partial charge in [-0.2, -0.15) is 13.2 Å². The summed E-state index contributed by atoms with van der Waals surface area (Å²) >= 11 is 0. The molecule has 0 unspecified atom stereocenters. The number of benzene rings is 1. The lowest BCUT2D eigenvalue weighted by atomic mass is 10.2. The van der Waals surface area contributed by atoms with Crippen molar-refractivity contribution in [2.24, 2.45) is 0 Å². The highest BCUT2D eigenvalue weighted by Gasteiger charge is 2.30. The molecule has 0 aromatic heterocycles. The van der Waals surface area contributed by atoms with Crippen LogP contribution < -0.4 is 16.2 Å². The van der Waals surface area contributed by atoms with E-state index in [0.29, 0.717) is 0 Å². The van der Waals surface area contributed by atoms with Crippen molar-refractivity contribution in [3.05, 3.63) is 41.1 Å². The second-order valence-electron chi connectivity index (χ2n) is 4.83. The van der Waals surface area contributed by atoms with Crippen molar-refractivity contribution in [1.82, 2.24) is 10.9 Å². The number of anilines is 1. The average Bonchev–Trinajstić information content (AvgIpc) is 3.26. The van der Waals surface area contributed by atoms with Gasteiger partial charge in [0.2, 0.25) is 0 Å². The van der Waals surface area contributed by atoms with Gasteiger partial charge in [0.1, 0.15) is 0 Å². The first-order valence-electron chi connectivity index (χ1n) is 6.51. The Balaban J connectivity index is 1.82. The third-order valence-corrected chi connectivity index (χ3v) is 3.06. The lowest BCUT2D eigenvalue weighted by molar-refractivity contribution is -0.137. The van der Waals surface area contributed by atoms with Gasteiger partial charge in [-0.3, -0.25) is 10.2 Å². The van der Waals surface area contributed by atoms with E-state index >= 15 is 0 Å². The molecule has 1 amide bonds. The Hall–Kier alpha value is -2.18. The van der Waals surface area contributed by atoms with Crippen LogP contribution in [0.2, 0.25) is 0 Å². The lowest BCUT2D eigenvalue weighted by Crippen LogP contribution is -2.39. The molecule has 114 valence electrons. The predicted molar refractivity (Wildman–Crippen MR) is 73.1 cm³/mol. The Morgan fingerprint density at radius 3 is 2.57 bits per heavy atom. The lowest BCUT2D eigenvalue weighted by Gasteiger charge is -2.12. The molecule has 4 nitrogen and oxygen atoms in total. The van der Waals surface area contributed by atoms with Crippen LogP contribution in [-0.2, 0) is 11.0 Å². The minimum absolute atomic E-state index is 0.114. The van der Waals surface area contributed by atoms with Crippen LogP contribution >= 0.6 is 0 Å². The molecule has 1 aliphatic carbocycles. The topological polar surface area (TPSA) is 53.2 Å². The molecule has 1 aliphatic rings. The molecule has 21 heavy (non-hydrogen) atoms. The van der Waals surface area contributed by atoms with Gasteiger partial charge < -0.3 is 10.7 Å². The average molecular weight is 299 g/mol. The Morgan fingerprint density at radius 2 is 1.95 bits per heavy atom. The summed E-state index contributed by atoms with van der Waals surface area (Å²) in [6.45, 7) is 1.75. The highest BCUT2D eigenvalue weighted by molar-refractivity contribution is 5.80. The highest BCUT2D eigenvalue weighted by Crippen LogP contribution is 2.30. The molecule has 0 spiro atoms. The second kappa shape index (κ2) is 6.07. The minimum atomic E-state index is -4.39. The fourth-order valence-electron chi connectivity index (χ4n) is 1.72. The van der Waals surface area contributed by atoms with Crippen LogP contribution in [0.3, 0.4) is 0 Å². The summed E-state index contributed by atoms with van der Waals surface area (Å²) < 4.78 is 37.6. The summed E-state index contributed by atoms with van der Waals surface area (Å²) in [4.78, 5) is 11.6. The molecule has 0 saturated heterocycles. The van der Waals surface area contributed by atoms with Gasteiger partial charge in [0.05, 0.1) is 12.1 Å². The summed E-state index contributed by atoms with van der Waals surface area (Å²) in [7, 11) is 0. The smallest absolute Gasteiger partial charge is 0.376 e. The number of rotatable bonds is 5. The van der Waals surface area contributed by atoms with Gasteiger partial charge in [-0.05, 0) is 43.5 Å². The number of halogens is 3. The van der Waals surface area contributed by atoms with E-state index in [2.05, 4.69) is 16.2 Å². The van der Waals surface area contributed by atoms with Gasteiger partial charge in [0, 0.05) is 11.4 Å². The van der Waals surface area contributed by atoms with Crippen molar-refractivity contribution < 1.29 is 18.0 Å². The van der Waals surface area contributed by atoms with Crippen LogP contribution in [0.4, 0.5) is 18.9 Å². The summed E-state index contributed by atoms with van der Waals surface area (Å²) in [6, 6.07) is 4.73. The zero-order valence-electron chi connectivity index (χ0n) is 11.5. The predicted octanol–water partition coefficient (Wildman–Crippen LogP) is 2.81. The van der Waals surface area contributed by atoms with E-state index in [1.807, 2.05) is 6.92 Å². The summed E-state index contributed by atoms with van der Waals surface area (Å²) in [6.07, 6.45) is -2.32. The third-order valence-electron chi connectivity index (χ3n) is 3.06. The number of hydrogen-bond acceptors (Lipinski definition) is 3. The zero-order valence-corrected chi connectivity index (χ0v) is 11.5.